The number of ether oxygens (including phenoxy) is 1. The number of rotatable bonds is 2. The minimum atomic E-state index is -0.201. The van der Waals surface area contributed by atoms with Gasteiger partial charge in [0.15, 0.2) is 6.29 Å². The fourth-order valence-corrected chi connectivity index (χ4v) is 0.129. The van der Waals surface area contributed by atoms with E-state index in [1.807, 2.05) is 0 Å². The lowest BCUT2D eigenvalue weighted by atomic mass is 10.8. The molecule has 0 aromatic heterocycles. The molecule has 0 rings (SSSR count). The summed E-state index contributed by atoms with van der Waals surface area (Å²) in [6.45, 7) is 1.76. The first-order valence-corrected chi connectivity index (χ1v) is 2.00. The predicted octanol–water partition coefficient (Wildman–Crippen LogP) is 0.840. The third-order valence-electron chi connectivity index (χ3n) is 0.480. The van der Waals surface area contributed by atoms with E-state index in [1.54, 1.807) is 14.0 Å². The zero-order valence-electron chi connectivity index (χ0n) is 3.84. The first-order valence-electron chi connectivity index (χ1n) is 1.64. The van der Waals surface area contributed by atoms with Crippen molar-refractivity contribution in [2.75, 3.05) is 7.11 Å². The van der Waals surface area contributed by atoms with Crippen LogP contribution in [-0.2, 0) is 8.92 Å². The van der Waals surface area contributed by atoms with Crippen molar-refractivity contribution in [3.63, 3.8) is 0 Å². The highest BCUT2D eigenvalue weighted by atomic mass is 32.1. The van der Waals surface area contributed by atoms with Gasteiger partial charge in [0.25, 0.3) is 0 Å². The third-order valence-corrected chi connectivity index (χ3v) is 0.777. The van der Waals surface area contributed by atoms with Crippen molar-refractivity contribution in [1.29, 1.82) is 0 Å². The molecule has 0 fully saturated rings. The van der Waals surface area contributed by atoms with Gasteiger partial charge in [-0.2, -0.15) is 0 Å². The molecule has 0 aliphatic heterocycles. The monoisotopic (exact) mass is 108 g/mol. The molecular formula is C3H8O2S. The van der Waals surface area contributed by atoms with Crippen molar-refractivity contribution in [1.82, 2.24) is 0 Å². The van der Waals surface area contributed by atoms with Crippen LogP contribution in [-0.4, -0.2) is 13.4 Å². The van der Waals surface area contributed by atoms with Crippen LogP contribution < -0.4 is 0 Å². The van der Waals surface area contributed by atoms with E-state index in [4.69, 9.17) is 0 Å². The van der Waals surface area contributed by atoms with E-state index in [1.165, 1.54) is 0 Å². The zero-order chi connectivity index (χ0) is 4.99. The number of hydrogen-bond acceptors (Lipinski definition) is 3. The van der Waals surface area contributed by atoms with Gasteiger partial charge in [-0.1, -0.05) is 0 Å². The van der Waals surface area contributed by atoms with Crippen LogP contribution >= 0.6 is 12.9 Å². The summed E-state index contributed by atoms with van der Waals surface area (Å²) < 4.78 is 8.97. The maximum Gasteiger partial charge on any atom is 0.167 e. The first kappa shape index (κ1) is 6.27. The van der Waals surface area contributed by atoms with E-state index in [9.17, 15) is 0 Å². The van der Waals surface area contributed by atoms with Crippen LogP contribution in [0.1, 0.15) is 6.92 Å². The van der Waals surface area contributed by atoms with Crippen LogP contribution in [0, 0.1) is 0 Å². The van der Waals surface area contributed by atoms with Crippen molar-refractivity contribution < 1.29 is 8.92 Å². The molecule has 1 atom stereocenters. The van der Waals surface area contributed by atoms with E-state index in [0.717, 1.165) is 0 Å². The smallest absolute Gasteiger partial charge is 0.167 e. The highest BCUT2D eigenvalue weighted by Gasteiger charge is 1.89. The van der Waals surface area contributed by atoms with Crippen LogP contribution in [0.25, 0.3) is 0 Å². The first-order chi connectivity index (χ1) is 2.81. The summed E-state index contributed by atoms with van der Waals surface area (Å²) in [4.78, 5) is 0. The summed E-state index contributed by atoms with van der Waals surface area (Å²) in [6, 6.07) is 0. The van der Waals surface area contributed by atoms with E-state index in [-0.39, 0.29) is 6.29 Å². The maximum atomic E-state index is 4.60. The van der Waals surface area contributed by atoms with Crippen molar-refractivity contribution >= 4 is 12.9 Å². The van der Waals surface area contributed by atoms with E-state index in [2.05, 4.69) is 21.8 Å². The molecule has 0 saturated carbocycles. The Morgan fingerprint density at radius 1 is 1.67 bits per heavy atom. The average Bonchev–Trinajstić information content (AvgIpc) is 1.65. The lowest BCUT2D eigenvalue weighted by Crippen LogP contribution is -2.02. The van der Waals surface area contributed by atoms with Gasteiger partial charge in [0, 0.05) is 7.11 Å². The van der Waals surface area contributed by atoms with E-state index < -0.39 is 0 Å². The van der Waals surface area contributed by atoms with Gasteiger partial charge >= 0.3 is 0 Å². The van der Waals surface area contributed by atoms with Crippen molar-refractivity contribution in [2.45, 2.75) is 13.2 Å². The van der Waals surface area contributed by atoms with Crippen molar-refractivity contribution in [3.8, 4) is 0 Å². The molecule has 0 heterocycles. The topological polar surface area (TPSA) is 18.5 Å². The van der Waals surface area contributed by atoms with Crippen molar-refractivity contribution in [3.05, 3.63) is 0 Å². The molecule has 1 unspecified atom stereocenters. The molecule has 0 radical (unpaired) electrons. The normalized spacial score (nSPS) is 14.5. The Kier molecular flexibility index (Phi) is 3.62. The Labute approximate surface area is 43.1 Å². The Morgan fingerprint density at radius 3 is 2.17 bits per heavy atom. The minimum absolute atomic E-state index is 0.201. The van der Waals surface area contributed by atoms with Gasteiger partial charge < -0.3 is 4.74 Å². The molecule has 0 saturated heterocycles. The molecule has 0 aliphatic rings. The third kappa shape index (κ3) is 2.50. The van der Waals surface area contributed by atoms with Crippen LogP contribution in [0.3, 0.4) is 0 Å². The Bertz CT molecular complexity index is 28.0. The molecule has 2 nitrogen and oxygen atoms in total. The molecule has 0 spiro atoms. The number of methoxy groups -OCH3 is 1. The van der Waals surface area contributed by atoms with Crippen LogP contribution in [0.4, 0.5) is 0 Å². The average molecular weight is 108 g/mol. The summed E-state index contributed by atoms with van der Waals surface area (Å²) in [6.07, 6.45) is -0.201. The van der Waals surface area contributed by atoms with Crippen LogP contribution in [0.2, 0.25) is 0 Å². The van der Waals surface area contributed by atoms with E-state index in [0.29, 0.717) is 0 Å². The summed E-state index contributed by atoms with van der Waals surface area (Å²) in [5, 5.41) is 0. The summed E-state index contributed by atoms with van der Waals surface area (Å²) in [5.41, 5.74) is 0. The fourth-order valence-electron chi connectivity index (χ4n) is 0.0430. The second kappa shape index (κ2) is 3.46. The van der Waals surface area contributed by atoms with Crippen LogP contribution in [0.5, 0.6) is 0 Å². The lowest BCUT2D eigenvalue weighted by Gasteiger charge is -2.01. The molecule has 0 amide bonds. The van der Waals surface area contributed by atoms with Gasteiger partial charge in [0.05, 0.1) is 0 Å². The molecule has 6 heavy (non-hydrogen) atoms. The molecule has 38 valence electrons. The van der Waals surface area contributed by atoms with Gasteiger partial charge in [0.1, 0.15) is 0 Å². The SMILES string of the molecule is COC(C)OS. The largest absolute Gasteiger partial charge is 0.355 e. The highest BCUT2D eigenvalue weighted by Crippen LogP contribution is 1.90. The van der Waals surface area contributed by atoms with Gasteiger partial charge in [-0.25, -0.2) is 0 Å². The number of thiol groups is 1. The summed E-state index contributed by atoms with van der Waals surface area (Å²) in [7, 11) is 1.56. The second-order valence-corrected chi connectivity index (χ2v) is 1.12. The molecular weight excluding hydrogens is 100 g/mol. The van der Waals surface area contributed by atoms with E-state index >= 15 is 0 Å². The molecule has 0 aromatic carbocycles. The Morgan fingerprint density at radius 2 is 2.17 bits per heavy atom. The molecule has 0 bridgehead atoms. The molecule has 0 aliphatic carbocycles. The number of hydrogen-bond donors (Lipinski definition) is 1. The van der Waals surface area contributed by atoms with Gasteiger partial charge in [0.2, 0.25) is 0 Å². The fraction of sp³-hybridized carbons (Fsp3) is 1.00. The summed E-state index contributed by atoms with van der Waals surface area (Å²) in [5.74, 6) is 0. The standard InChI is InChI=1S/C3H8O2S/c1-3(4-2)5-6/h3,6H,1-2H3. The predicted molar refractivity (Wildman–Crippen MR) is 26.5 cm³/mol. The lowest BCUT2D eigenvalue weighted by molar-refractivity contribution is -0.0228. The van der Waals surface area contributed by atoms with Gasteiger partial charge in [-0.3, -0.25) is 4.18 Å². The van der Waals surface area contributed by atoms with Gasteiger partial charge in [-0.15, -0.1) is 0 Å². The van der Waals surface area contributed by atoms with Gasteiger partial charge in [-0.05, 0) is 19.8 Å². The zero-order valence-corrected chi connectivity index (χ0v) is 4.74. The second-order valence-electron chi connectivity index (χ2n) is 0.909. The minimum Gasteiger partial charge on any atom is -0.355 e. The Hall–Kier alpha value is 0.270. The van der Waals surface area contributed by atoms with Crippen molar-refractivity contribution in [2.24, 2.45) is 0 Å². The van der Waals surface area contributed by atoms with Crippen LogP contribution in [0.15, 0.2) is 0 Å². The molecule has 0 aromatic rings. The highest BCUT2D eigenvalue weighted by molar-refractivity contribution is 7.75. The Balaban J connectivity index is 2.75. The quantitative estimate of drug-likeness (QED) is 0.321. The molecule has 3 heteroatoms. The molecule has 0 N–H and O–H groups in total. The summed E-state index contributed by atoms with van der Waals surface area (Å²) >= 11 is 3.47. The maximum absolute atomic E-state index is 4.60.